The summed E-state index contributed by atoms with van der Waals surface area (Å²) in [6.45, 7) is 2.96. The van der Waals surface area contributed by atoms with Crippen LogP contribution in [-0.2, 0) is 13.0 Å². The van der Waals surface area contributed by atoms with Gasteiger partial charge in [-0.1, -0.05) is 37.3 Å². The molecule has 0 spiro atoms. The molecule has 2 heterocycles. The largest absolute Gasteiger partial charge is 0.478 e. The van der Waals surface area contributed by atoms with Crippen LogP contribution in [0.25, 0.3) is 0 Å². The van der Waals surface area contributed by atoms with E-state index in [0.29, 0.717) is 5.56 Å². The lowest BCUT2D eigenvalue weighted by Crippen LogP contribution is -2.04. The first-order chi connectivity index (χ1) is 9.20. The van der Waals surface area contributed by atoms with Crippen molar-refractivity contribution in [3.63, 3.8) is 0 Å². The lowest BCUT2D eigenvalue weighted by molar-refractivity contribution is 0.0695. The summed E-state index contributed by atoms with van der Waals surface area (Å²) in [7, 11) is 0. The van der Waals surface area contributed by atoms with Crippen molar-refractivity contribution in [2.75, 3.05) is 5.32 Å². The van der Waals surface area contributed by atoms with Gasteiger partial charge in [0.05, 0.1) is 5.56 Å². The van der Waals surface area contributed by atoms with Gasteiger partial charge in [0, 0.05) is 12.2 Å². The monoisotopic (exact) mass is 255 g/mol. The van der Waals surface area contributed by atoms with Gasteiger partial charge < -0.3 is 10.4 Å². The molecule has 3 heteroatoms. The maximum absolute atomic E-state index is 10.6. The molecule has 4 rings (SSSR count). The van der Waals surface area contributed by atoms with Gasteiger partial charge in [-0.05, 0) is 35.7 Å². The van der Waals surface area contributed by atoms with Crippen LogP contribution in [0.2, 0.25) is 0 Å². The number of carboxylic acid groups (broad SMARTS) is 1. The molecule has 0 radical (unpaired) electrons. The minimum atomic E-state index is -0.845. The molecule has 0 saturated heterocycles. The van der Waals surface area contributed by atoms with Gasteiger partial charge >= 0.3 is 5.97 Å². The molecule has 98 valence electrons. The van der Waals surface area contributed by atoms with E-state index in [1.165, 1.54) is 11.3 Å². The SMILES string of the molecule is CCc1ccccc1C(=O)O.c1cc2ccc1CN2. The van der Waals surface area contributed by atoms with Gasteiger partial charge in [0.15, 0.2) is 0 Å². The Morgan fingerprint density at radius 1 is 1.16 bits per heavy atom. The lowest BCUT2D eigenvalue weighted by atomic mass is 10.1. The maximum Gasteiger partial charge on any atom is 0.335 e. The number of rotatable bonds is 2. The first-order valence-electron chi connectivity index (χ1n) is 6.34. The van der Waals surface area contributed by atoms with Crippen molar-refractivity contribution >= 4 is 11.7 Å². The van der Waals surface area contributed by atoms with Crippen LogP contribution in [0.5, 0.6) is 0 Å². The first-order valence-corrected chi connectivity index (χ1v) is 6.34. The van der Waals surface area contributed by atoms with E-state index in [1.54, 1.807) is 12.1 Å². The standard InChI is InChI=1S/C9H10O2.C7H7N/c1-2-7-5-3-4-6-8(7)9(10)11;1-3-7-4-2-6(1)5-8-7/h3-6H,2H2,1H3,(H,10,11);1-4,8H,5H2. The van der Waals surface area contributed by atoms with Crippen molar-refractivity contribution in [3.8, 4) is 0 Å². The fraction of sp³-hybridized carbons (Fsp3) is 0.188. The van der Waals surface area contributed by atoms with E-state index in [0.717, 1.165) is 18.5 Å². The fourth-order valence-electron chi connectivity index (χ4n) is 1.98. The Morgan fingerprint density at radius 3 is 2.16 bits per heavy atom. The molecule has 0 aliphatic carbocycles. The molecular formula is C16H17NO2. The molecule has 2 aliphatic rings. The average Bonchev–Trinajstić information content (AvgIpc) is 2.50. The molecule has 0 atom stereocenters. The van der Waals surface area contributed by atoms with E-state index in [-0.39, 0.29) is 0 Å². The smallest absolute Gasteiger partial charge is 0.335 e. The van der Waals surface area contributed by atoms with Crippen LogP contribution >= 0.6 is 0 Å². The second-order valence-corrected chi connectivity index (χ2v) is 4.37. The Morgan fingerprint density at radius 2 is 1.84 bits per heavy atom. The highest BCUT2D eigenvalue weighted by atomic mass is 16.4. The third kappa shape index (κ3) is 3.35. The van der Waals surface area contributed by atoms with Gasteiger partial charge in [-0.3, -0.25) is 0 Å². The zero-order valence-corrected chi connectivity index (χ0v) is 10.9. The zero-order valence-electron chi connectivity index (χ0n) is 10.9. The van der Waals surface area contributed by atoms with E-state index < -0.39 is 5.97 Å². The molecule has 0 amide bonds. The fourth-order valence-corrected chi connectivity index (χ4v) is 1.98. The maximum atomic E-state index is 10.6. The first kappa shape index (κ1) is 13.1. The van der Waals surface area contributed by atoms with E-state index in [1.807, 2.05) is 19.1 Å². The summed E-state index contributed by atoms with van der Waals surface area (Å²) < 4.78 is 0. The van der Waals surface area contributed by atoms with Crippen LogP contribution in [0.3, 0.4) is 0 Å². The van der Waals surface area contributed by atoms with E-state index in [2.05, 4.69) is 29.6 Å². The summed E-state index contributed by atoms with van der Waals surface area (Å²) in [6, 6.07) is 15.5. The Balaban J connectivity index is 0.000000146. The third-order valence-electron chi connectivity index (χ3n) is 3.08. The average molecular weight is 255 g/mol. The molecular weight excluding hydrogens is 238 g/mol. The second kappa shape index (κ2) is 6.05. The predicted molar refractivity (Wildman–Crippen MR) is 76.5 cm³/mol. The number of benzene rings is 2. The van der Waals surface area contributed by atoms with Gasteiger partial charge in [0.1, 0.15) is 0 Å². The van der Waals surface area contributed by atoms with E-state index in [9.17, 15) is 4.79 Å². The molecule has 2 N–H and O–H groups in total. The van der Waals surface area contributed by atoms with Crippen molar-refractivity contribution in [3.05, 3.63) is 65.2 Å². The van der Waals surface area contributed by atoms with Gasteiger partial charge in [-0.25, -0.2) is 4.79 Å². The lowest BCUT2D eigenvalue weighted by Gasteiger charge is -2.12. The number of nitrogens with one attached hydrogen (secondary N) is 1. The number of anilines is 1. The number of aryl methyl sites for hydroxylation is 1. The molecule has 2 aromatic rings. The van der Waals surface area contributed by atoms with Gasteiger partial charge in [0.25, 0.3) is 0 Å². The van der Waals surface area contributed by atoms with Crippen LogP contribution in [-0.4, -0.2) is 11.1 Å². The van der Waals surface area contributed by atoms with Crippen LogP contribution in [0, 0.1) is 0 Å². The summed E-state index contributed by atoms with van der Waals surface area (Å²) in [5.74, 6) is -0.845. The highest BCUT2D eigenvalue weighted by Gasteiger charge is 2.05. The molecule has 3 nitrogen and oxygen atoms in total. The summed E-state index contributed by atoms with van der Waals surface area (Å²) in [4.78, 5) is 10.6. The Kier molecular flexibility index (Phi) is 4.18. The van der Waals surface area contributed by atoms with Gasteiger partial charge in [-0.2, -0.15) is 0 Å². The summed E-state index contributed by atoms with van der Waals surface area (Å²) >= 11 is 0. The molecule has 0 aromatic heterocycles. The zero-order chi connectivity index (χ0) is 13.7. The normalized spacial score (nSPS) is 11.2. The number of hydrogen-bond donors (Lipinski definition) is 2. The molecule has 2 bridgehead atoms. The van der Waals surface area contributed by atoms with Crippen LogP contribution < -0.4 is 5.32 Å². The van der Waals surface area contributed by atoms with Crippen molar-refractivity contribution in [1.82, 2.24) is 0 Å². The van der Waals surface area contributed by atoms with Crippen LogP contribution in [0.4, 0.5) is 5.69 Å². The second-order valence-electron chi connectivity index (χ2n) is 4.37. The minimum absolute atomic E-state index is 0.412. The van der Waals surface area contributed by atoms with E-state index in [4.69, 9.17) is 5.11 Å². The topological polar surface area (TPSA) is 49.3 Å². The summed E-state index contributed by atoms with van der Waals surface area (Å²) in [5, 5.41) is 11.9. The Bertz CT molecular complexity index is 538. The molecule has 0 unspecified atom stereocenters. The van der Waals surface area contributed by atoms with Gasteiger partial charge in [0.2, 0.25) is 0 Å². The molecule has 0 saturated carbocycles. The Hall–Kier alpha value is -2.29. The number of carbonyl (C=O) groups is 1. The van der Waals surface area contributed by atoms with Crippen molar-refractivity contribution in [2.45, 2.75) is 19.9 Å². The van der Waals surface area contributed by atoms with Crippen molar-refractivity contribution in [1.29, 1.82) is 0 Å². The minimum Gasteiger partial charge on any atom is -0.478 e. The molecule has 2 aliphatic heterocycles. The summed E-state index contributed by atoms with van der Waals surface area (Å²) in [6.07, 6.45) is 0.766. The number of fused-ring (bicyclic) bond motifs is 3. The predicted octanol–water partition coefficient (Wildman–Crippen LogP) is 3.56. The Labute approximate surface area is 112 Å². The highest BCUT2D eigenvalue weighted by Crippen LogP contribution is 2.16. The molecule has 19 heavy (non-hydrogen) atoms. The molecule has 2 aromatic carbocycles. The van der Waals surface area contributed by atoms with Crippen molar-refractivity contribution < 1.29 is 9.90 Å². The van der Waals surface area contributed by atoms with E-state index >= 15 is 0 Å². The molecule has 0 fully saturated rings. The van der Waals surface area contributed by atoms with Crippen LogP contribution in [0.15, 0.2) is 48.5 Å². The number of aromatic carboxylic acids is 1. The third-order valence-corrected chi connectivity index (χ3v) is 3.08. The highest BCUT2D eigenvalue weighted by molar-refractivity contribution is 5.89. The number of carboxylic acids is 1. The summed E-state index contributed by atoms with van der Waals surface area (Å²) in [5.41, 5.74) is 3.91. The van der Waals surface area contributed by atoms with Crippen molar-refractivity contribution in [2.24, 2.45) is 0 Å². The van der Waals surface area contributed by atoms with Gasteiger partial charge in [-0.15, -0.1) is 0 Å². The number of hydrogen-bond acceptors (Lipinski definition) is 2. The van der Waals surface area contributed by atoms with Crippen LogP contribution in [0.1, 0.15) is 28.4 Å². The quantitative estimate of drug-likeness (QED) is 0.862.